The second-order valence-electron chi connectivity index (χ2n) is 4.68. The third-order valence-electron chi connectivity index (χ3n) is 3.28. The van der Waals surface area contributed by atoms with Crippen molar-refractivity contribution in [2.45, 2.75) is 6.54 Å². The Morgan fingerprint density at radius 1 is 1.24 bits per heavy atom. The maximum Gasteiger partial charge on any atom is 0.251 e. The van der Waals surface area contributed by atoms with E-state index in [0.29, 0.717) is 18.9 Å². The van der Waals surface area contributed by atoms with E-state index in [4.69, 9.17) is 4.74 Å². The molecular formula is C15H13BrN2O3. The number of amides is 1. The highest BCUT2D eigenvalue weighted by Gasteiger charge is 2.23. The molecule has 0 fully saturated rings. The molecule has 1 aromatic carbocycles. The highest BCUT2D eigenvalue weighted by molar-refractivity contribution is 9.10. The third-order valence-corrected chi connectivity index (χ3v) is 3.75. The fraction of sp³-hybridized carbons (Fsp3) is 0.200. The van der Waals surface area contributed by atoms with Gasteiger partial charge in [-0.1, -0.05) is 12.1 Å². The summed E-state index contributed by atoms with van der Waals surface area (Å²) in [6, 6.07) is 10.5. The van der Waals surface area contributed by atoms with Crippen molar-refractivity contribution in [3.05, 3.63) is 57.4 Å². The van der Waals surface area contributed by atoms with Gasteiger partial charge in [0.1, 0.15) is 18.9 Å². The van der Waals surface area contributed by atoms with Gasteiger partial charge in [-0.15, -0.1) is 0 Å². The molecule has 0 spiro atoms. The Morgan fingerprint density at radius 2 is 2.05 bits per heavy atom. The first-order chi connectivity index (χ1) is 10.1. The van der Waals surface area contributed by atoms with Crippen LogP contribution in [0.25, 0.3) is 0 Å². The normalized spacial score (nSPS) is 13.5. The van der Waals surface area contributed by atoms with Crippen molar-refractivity contribution >= 4 is 27.5 Å². The second-order valence-corrected chi connectivity index (χ2v) is 5.59. The number of hydrogen-bond acceptors (Lipinski definition) is 3. The van der Waals surface area contributed by atoms with Crippen molar-refractivity contribution in [1.29, 1.82) is 0 Å². The Balaban J connectivity index is 1.87. The first-order valence-electron chi connectivity index (χ1n) is 6.53. The summed E-state index contributed by atoms with van der Waals surface area (Å²) in [4.78, 5) is 25.9. The van der Waals surface area contributed by atoms with Crippen LogP contribution in [0, 0.1) is 0 Å². The van der Waals surface area contributed by atoms with Crippen LogP contribution in [0.4, 0.5) is 5.69 Å². The molecule has 0 atom stereocenters. The van der Waals surface area contributed by atoms with Gasteiger partial charge in [-0.25, -0.2) is 0 Å². The van der Waals surface area contributed by atoms with Crippen molar-refractivity contribution in [3.8, 4) is 5.75 Å². The van der Waals surface area contributed by atoms with Crippen molar-refractivity contribution in [2.24, 2.45) is 0 Å². The minimum atomic E-state index is -0.201. The van der Waals surface area contributed by atoms with E-state index in [9.17, 15) is 9.59 Å². The Bertz CT molecular complexity index is 742. The highest BCUT2D eigenvalue weighted by Crippen LogP contribution is 2.30. The fourth-order valence-electron chi connectivity index (χ4n) is 2.29. The fourth-order valence-corrected chi connectivity index (χ4v) is 2.66. The minimum Gasteiger partial charge on any atom is -0.490 e. The van der Waals surface area contributed by atoms with Gasteiger partial charge in [0.2, 0.25) is 5.91 Å². The highest BCUT2D eigenvalue weighted by atomic mass is 79.9. The molecule has 0 bridgehead atoms. The van der Waals surface area contributed by atoms with Crippen LogP contribution in [0.15, 0.2) is 51.9 Å². The van der Waals surface area contributed by atoms with Crippen molar-refractivity contribution in [2.75, 3.05) is 18.1 Å². The smallest absolute Gasteiger partial charge is 0.251 e. The summed E-state index contributed by atoms with van der Waals surface area (Å²) in [6.45, 7) is 0.946. The number of pyridine rings is 1. The number of benzene rings is 1. The molecule has 0 N–H and O–H groups in total. The number of para-hydroxylation sites is 2. The topological polar surface area (TPSA) is 51.5 Å². The molecule has 108 valence electrons. The number of fused-ring (bicyclic) bond motifs is 1. The summed E-state index contributed by atoms with van der Waals surface area (Å²) < 4.78 is 7.68. The van der Waals surface area contributed by atoms with Gasteiger partial charge in [0.05, 0.1) is 12.2 Å². The Hall–Kier alpha value is -2.08. The standard InChI is InChI=1S/C15H13BrN2O3/c16-11-5-6-14(19)17(9-11)10-15(20)18-7-8-21-13-4-2-1-3-12(13)18/h1-6,9H,7-8,10H2. The number of carbonyl (C=O) groups is 1. The molecule has 1 aliphatic heterocycles. The SMILES string of the molecule is O=C(Cn1cc(Br)ccc1=O)N1CCOc2ccccc21. The number of nitrogens with zero attached hydrogens (tertiary/aromatic N) is 2. The monoisotopic (exact) mass is 348 g/mol. The van der Waals surface area contributed by atoms with E-state index in [0.717, 1.165) is 10.2 Å². The maximum atomic E-state index is 12.5. The predicted octanol–water partition coefficient (Wildman–Crippen LogP) is 2.04. The van der Waals surface area contributed by atoms with Gasteiger partial charge in [-0.05, 0) is 34.1 Å². The first kappa shape index (κ1) is 13.9. The van der Waals surface area contributed by atoms with Crippen molar-refractivity contribution in [1.82, 2.24) is 4.57 Å². The average Bonchev–Trinajstić information content (AvgIpc) is 2.50. The maximum absolute atomic E-state index is 12.5. The molecule has 3 rings (SSSR count). The van der Waals surface area contributed by atoms with E-state index in [-0.39, 0.29) is 18.0 Å². The molecule has 0 radical (unpaired) electrons. The molecule has 2 aromatic rings. The molecule has 0 saturated heterocycles. The number of hydrogen-bond donors (Lipinski definition) is 0. The Labute approximate surface area is 129 Å². The molecular weight excluding hydrogens is 336 g/mol. The lowest BCUT2D eigenvalue weighted by atomic mass is 10.2. The summed E-state index contributed by atoms with van der Waals surface area (Å²) in [6.07, 6.45) is 1.62. The molecule has 2 heterocycles. The van der Waals surface area contributed by atoms with Crippen LogP contribution in [0.3, 0.4) is 0 Å². The summed E-state index contributed by atoms with van der Waals surface area (Å²) in [5.41, 5.74) is 0.546. The molecule has 0 unspecified atom stereocenters. The quantitative estimate of drug-likeness (QED) is 0.834. The first-order valence-corrected chi connectivity index (χ1v) is 7.32. The van der Waals surface area contributed by atoms with Gasteiger partial charge in [0.25, 0.3) is 5.56 Å². The zero-order valence-electron chi connectivity index (χ0n) is 11.2. The number of carbonyl (C=O) groups excluding carboxylic acids is 1. The lowest BCUT2D eigenvalue weighted by Gasteiger charge is -2.29. The molecule has 21 heavy (non-hydrogen) atoms. The van der Waals surface area contributed by atoms with Crippen LogP contribution in [-0.2, 0) is 11.3 Å². The summed E-state index contributed by atoms with van der Waals surface area (Å²) in [5, 5.41) is 0. The van der Waals surface area contributed by atoms with E-state index >= 15 is 0 Å². The van der Waals surface area contributed by atoms with Crippen LogP contribution in [0.1, 0.15) is 0 Å². The van der Waals surface area contributed by atoms with Crippen molar-refractivity contribution < 1.29 is 9.53 Å². The molecule has 0 saturated carbocycles. The minimum absolute atomic E-state index is 0.00656. The van der Waals surface area contributed by atoms with E-state index < -0.39 is 0 Å². The zero-order chi connectivity index (χ0) is 14.8. The lowest BCUT2D eigenvalue weighted by Crippen LogP contribution is -2.41. The molecule has 0 aliphatic carbocycles. The third kappa shape index (κ3) is 2.85. The van der Waals surface area contributed by atoms with Crippen LogP contribution < -0.4 is 15.2 Å². The largest absolute Gasteiger partial charge is 0.490 e. The number of rotatable bonds is 2. The van der Waals surface area contributed by atoms with Gasteiger partial charge >= 0.3 is 0 Å². The average molecular weight is 349 g/mol. The summed E-state index contributed by atoms with van der Waals surface area (Å²) in [7, 11) is 0. The lowest BCUT2D eigenvalue weighted by molar-refractivity contribution is -0.119. The summed E-state index contributed by atoms with van der Waals surface area (Å²) in [5.74, 6) is 0.560. The summed E-state index contributed by atoms with van der Waals surface area (Å²) >= 11 is 3.30. The van der Waals surface area contributed by atoms with Gasteiger partial charge < -0.3 is 14.2 Å². The van der Waals surface area contributed by atoms with E-state index in [2.05, 4.69) is 15.9 Å². The van der Waals surface area contributed by atoms with Crippen LogP contribution >= 0.6 is 15.9 Å². The number of aromatic nitrogens is 1. The number of ether oxygens (including phenoxy) is 1. The molecule has 1 amide bonds. The molecule has 5 nitrogen and oxygen atoms in total. The Kier molecular flexibility index (Phi) is 3.79. The van der Waals surface area contributed by atoms with Crippen LogP contribution in [0.2, 0.25) is 0 Å². The van der Waals surface area contributed by atoms with Crippen LogP contribution in [-0.4, -0.2) is 23.6 Å². The van der Waals surface area contributed by atoms with Gasteiger partial charge in [-0.3, -0.25) is 9.59 Å². The van der Waals surface area contributed by atoms with Gasteiger partial charge in [0.15, 0.2) is 0 Å². The molecule has 1 aliphatic rings. The van der Waals surface area contributed by atoms with Gasteiger partial charge in [0, 0.05) is 16.7 Å². The Morgan fingerprint density at radius 3 is 2.90 bits per heavy atom. The zero-order valence-corrected chi connectivity index (χ0v) is 12.7. The molecule has 6 heteroatoms. The molecule has 1 aromatic heterocycles. The number of anilines is 1. The van der Waals surface area contributed by atoms with E-state index in [1.165, 1.54) is 10.6 Å². The van der Waals surface area contributed by atoms with E-state index in [1.54, 1.807) is 17.2 Å². The number of halogens is 1. The second kappa shape index (κ2) is 5.73. The predicted molar refractivity (Wildman–Crippen MR) is 82.7 cm³/mol. The van der Waals surface area contributed by atoms with Crippen molar-refractivity contribution in [3.63, 3.8) is 0 Å². The van der Waals surface area contributed by atoms with Crippen LogP contribution in [0.5, 0.6) is 5.75 Å². The van der Waals surface area contributed by atoms with E-state index in [1.807, 2.05) is 24.3 Å². The van der Waals surface area contributed by atoms with Gasteiger partial charge in [-0.2, -0.15) is 0 Å².